The molecule has 1 saturated carbocycles. The maximum absolute atomic E-state index is 6.44. The third kappa shape index (κ3) is 3.30. The van der Waals surface area contributed by atoms with E-state index >= 15 is 0 Å². The molecule has 5 rings (SSSR count). The van der Waals surface area contributed by atoms with E-state index < -0.39 is 0 Å². The average molecular weight is 388 g/mol. The second-order valence-electron chi connectivity index (χ2n) is 7.84. The number of nitrogens with zero attached hydrogens (tertiary/aromatic N) is 6. The summed E-state index contributed by atoms with van der Waals surface area (Å²) in [6.45, 7) is 2.32. The summed E-state index contributed by atoms with van der Waals surface area (Å²) < 4.78 is 3.48. The first-order valence-electron chi connectivity index (χ1n) is 10.0. The fourth-order valence-corrected chi connectivity index (χ4v) is 4.24. The Balaban J connectivity index is 1.53. The van der Waals surface area contributed by atoms with Crippen LogP contribution < -0.4 is 11.1 Å². The first-order valence-corrected chi connectivity index (χ1v) is 10.0. The lowest BCUT2D eigenvalue weighted by Gasteiger charge is -2.29. The van der Waals surface area contributed by atoms with Gasteiger partial charge < -0.3 is 11.1 Å². The standard InChI is InChI=1S/C21H24N8/c1-14-2-4-15(5-3-14)18-19(21-24-10-11-28(21)27-20(18)22)26-16-6-8-17(9-7-16)29-13-23-12-25-29/h6-15,26H,2-5H2,1H3,(H2,22,27). The van der Waals surface area contributed by atoms with Gasteiger partial charge in [-0.25, -0.2) is 19.2 Å². The molecule has 1 aliphatic rings. The fraction of sp³-hybridized carbons (Fsp3) is 0.333. The molecule has 4 aromatic rings. The van der Waals surface area contributed by atoms with E-state index in [2.05, 4.69) is 32.4 Å². The van der Waals surface area contributed by atoms with Gasteiger partial charge >= 0.3 is 0 Å². The van der Waals surface area contributed by atoms with Gasteiger partial charge in [0.15, 0.2) is 5.65 Å². The van der Waals surface area contributed by atoms with Gasteiger partial charge in [0.25, 0.3) is 0 Å². The van der Waals surface area contributed by atoms with Crippen LogP contribution in [0, 0.1) is 5.92 Å². The van der Waals surface area contributed by atoms with Crippen LogP contribution in [-0.2, 0) is 0 Å². The number of benzene rings is 1. The lowest BCUT2D eigenvalue weighted by Crippen LogP contribution is -2.16. The monoisotopic (exact) mass is 388 g/mol. The number of fused-ring (bicyclic) bond motifs is 1. The van der Waals surface area contributed by atoms with Crippen LogP contribution in [-0.4, -0.2) is 29.4 Å². The molecule has 0 atom stereocenters. The van der Waals surface area contributed by atoms with E-state index in [4.69, 9.17) is 5.73 Å². The highest BCUT2D eigenvalue weighted by Crippen LogP contribution is 2.42. The number of aromatic nitrogens is 6. The molecule has 1 aromatic carbocycles. The quantitative estimate of drug-likeness (QED) is 0.550. The number of nitrogens with two attached hydrogens (primary N) is 1. The van der Waals surface area contributed by atoms with Crippen LogP contribution in [0.1, 0.15) is 44.1 Å². The number of hydrogen-bond acceptors (Lipinski definition) is 6. The molecule has 3 aromatic heterocycles. The van der Waals surface area contributed by atoms with Crippen LogP contribution in [0.5, 0.6) is 0 Å². The maximum Gasteiger partial charge on any atom is 0.177 e. The summed E-state index contributed by atoms with van der Waals surface area (Å²) in [7, 11) is 0. The number of nitrogens with one attached hydrogen (secondary N) is 1. The Morgan fingerprint density at radius 1 is 1.10 bits per heavy atom. The summed E-state index contributed by atoms with van der Waals surface area (Å²) >= 11 is 0. The van der Waals surface area contributed by atoms with E-state index in [0.29, 0.717) is 11.7 Å². The SMILES string of the molecule is CC1CCC(c2c(N)nn3ccnc3c2Nc2ccc(-n3cncn3)cc2)CC1. The van der Waals surface area contributed by atoms with Crippen LogP contribution in [0.15, 0.2) is 49.3 Å². The highest BCUT2D eigenvalue weighted by Gasteiger charge is 2.27. The molecule has 148 valence electrons. The third-order valence-electron chi connectivity index (χ3n) is 5.85. The van der Waals surface area contributed by atoms with Crippen molar-refractivity contribution in [1.29, 1.82) is 0 Å². The van der Waals surface area contributed by atoms with Crippen LogP contribution in [0.25, 0.3) is 11.3 Å². The first-order chi connectivity index (χ1) is 14.2. The van der Waals surface area contributed by atoms with Crippen LogP contribution in [0.4, 0.5) is 17.2 Å². The van der Waals surface area contributed by atoms with Crippen molar-refractivity contribution in [3.05, 3.63) is 54.9 Å². The zero-order valence-corrected chi connectivity index (χ0v) is 16.4. The lowest BCUT2D eigenvalue weighted by atomic mass is 9.79. The van der Waals surface area contributed by atoms with E-state index in [1.54, 1.807) is 21.7 Å². The maximum atomic E-state index is 6.44. The molecule has 0 spiro atoms. The summed E-state index contributed by atoms with van der Waals surface area (Å²) in [5, 5.41) is 12.3. The topological polar surface area (TPSA) is 98.9 Å². The second kappa shape index (κ2) is 7.20. The molecule has 0 amide bonds. The van der Waals surface area contributed by atoms with E-state index in [9.17, 15) is 0 Å². The first kappa shape index (κ1) is 17.7. The summed E-state index contributed by atoms with van der Waals surface area (Å²) in [4.78, 5) is 8.54. The minimum Gasteiger partial charge on any atom is -0.382 e. The summed E-state index contributed by atoms with van der Waals surface area (Å²) in [5.74, 6) is 1.76. The van der Waals surface area contributed by atoms with E-state index in [1.165, 1.54) is 19.2 Å². The largest absolute Gasteiger partial charge is 0.382 e. The van der Waals surface area contributed by atoms with Gasteiger partial charge in [-0.15, -0.1) is 5.10 Å². The van der Waals surface area contributed by atoms with Crippen molar-refractivity contribution in [3.63, 3.8) is 0 Å². The van der Waals surface area contributed by atoms with Gasteiger partial charge in [0, 0.05) is 23.6 Å². The minimum atomic E-state index is 0.400. The average Bonchev–Trinajstić information content (AvgIpc) is 3.42. The van der Waals surface area contributed by atoms with Crippen molar-refractivity contribution in [2.24, 2.45) is 5.92 Å². The Morgan fingerprint density at radius 3 is 2.62 bits per heavy atom. The van der Waals surface area contributed by atoms with Crippen LogP contribution in [0.2, 0.25) is 0 Å². The number of anilines is 3. The van der Waals surface area contributed by atoms with E-state index in [1.807, 2.05) is 30.5 Å². The predicted octanol–water partition coefficient (Wildman–Crippen LogP) is 3.93. The minimum absolute atomic E-state index is 0.400. The molecule has 0 aliphatic heterocycles. The van der Waals surface area contributed by atoms with Crippen molar-refractivity contribution >= 4 is 22.8 Å². The zero-order valence-electron chi connectivity index (χ0n) is 16.4. The molecule has 8 nitrogen and oxygen atoms in total. The molecule has 29 heavy (non-hydrogen) atoms. The molecule has 0 unspecified atom stereocenters. The van der Waals surface area contributed by atoms with Crippen molar-refractivity contribution in [1.82, 2.24) is 29.4 Å². The summed E-state index contributed by atoms with van der Waals surface area (Å²) in [6, 6.07) is 8.07. The van der Waals surface area contributed by atoms with Gasteiger partial charge in [-0.05, 0) is 48.9 Å². The van der Waals surface area contributed by atoms with Crippen LogP contribution >= 0.6 is 0 Å². The zero-order chi connectivity index (χ0) is 19.8. The highest BCUT2D eigenvalue weighted by atomic mass is 15.3. The van der Waals surface area contributed by atoms with Gasteiger partial charge in [-0.1, -0.05) is 19.8 Å². The molecule has 1 fully saturated rings. The summed E-state index contributed by atoms with van der Waals surface area (Å²) in [5.41, 5.74) is 11.2. The van der Waals surface area contributed by atoms with Crippen molar-refractivity contribution in [2.75, 3.05) is 11.1 Å². The highest BCUT2D eigenvalue weighted by molar-refractivity contribution is 5.80. The van der Waals surface area contributed by atoms with E-state index in [-0.39, 0.29) is 0 Å². The van der Waals surface area contributed by atoms with E-state index in [0.717, 1.165) is 47.0 Å². The van der Waals surface area contributed by atoms with Gasteiger partial charge in [0.2, 0.25) is 0 Å². The number of hydrogen-bond donors (Lipinski definition) is 2. The fourth-order valence-electron chi connectivity index (χ4n) is 4.24. The van der Waals surface area contributed by atoms with Crippen molar-refractivity contribution in [2.45, 2.75) is 38.5 Å². The molecule has 1 aliphatic carbocycles. The summed E-state index contributed by atoms with van der Waals surface area (Å²) in [6.07, 6.45) is 11.5. The molecule has 3 heterocycles. The Labute approximate surface area is 168 Å². The smallest absolute Gasteiger partial charge is 0.177 e. The number of imidazole rings is 1. The third-order valence-corrected chi connectivity index (χ3v) is 5.85. The van der Waals surface area contributed by atoms with Crippen molar-refractivity contribution in [3.8, 4) is 5.69 Å². The molecule has 0 radical (unpaired) electrons. The Hall–Kier alpha value is -3.42. The Morgan fingerprint density at radius 2 is 1.90 bits per heavy atom. The molecule has 0 saturated heterocycles. The molecule has 0 bridgehead atoms. The lowest BCUT2D eigenvalue weighted by molar-refractivity contribution is 0.348. The molecule has 8 heteroatoms. The Bertz CT molecular complexity index is 1110. The number of nitrogen functional groups attached to an aromatic ring is 1. The molecule has 3 N–H and O–H groups in total. The normalized spacial score (nSPS) is 19.5. The van der Waals surface area contributed by atoms with Gasteiger partial charge in [-0.3, -0.25) is 0 Å². The predicted molar refractivity (Wildman–Crippen MR) is 112 cm³/mol. The Kier molecular flexibility index (Phi) is 4.38. The van der Waals surface area contributed by atoms with Gasteiger partial charge in [0.05, 0.1) is 11.4 Å². The van der Waals surface area contributed by atoms with Crippen LogP contribution in [0.3, 0.4) is 0 Å². The van der Waals surface area contributed by atoms with Gasteiger partial charge in [0.1, 0.15) is 18.5 Å². The van der Waals surface area contributed by atoms with Crippen molar-refractivity contribution < 1.29 is 0 Å². The molecular weight excluding hydrogens is 364 g/mol. The van der Waals surface area contributed by atoms with Gasteiger partial charge in [-0.2, -0.15) is 5.10 Å². The number of rotatable bonds is 4. The molecular formula is C21H24N8. The second-order valence-corrected chi connectivity index (χ2v) is 7.84.